The second kappa shape index (κ2) is 7.75. The average molecular weight is 277 g/mol. The van der Waals surface area contributed by atoms with E-state index in [9.17, 15) is 4.39 Å². The predicted octanol–water partition coefficient (Wildman–Crippen LogP) is 3.27. The molecule has 0 amide bonds. The SMILES string of the molecule is CCCCC(NCCc1ncon1)c1ccc(F)cc1. The van der Waals surface area contributed by atoms with E-state index >= 15 is 0 Å². The van der Waals surface area contributed by atoms with Crippen LogP contribution in [0.3, 0.4) is 0 Å². The maximum Gasteiger partial charge on any atom is 0.213 e. The summed E-state index contributed by atoms with van der Waals surface area (Å²) in [6.45, 7) is 2.94. The minimum Gasteiger partial charge on any atom is -0.343 e. The van der Waals surface area contributed by atoms with E-state index in [0.29, 0.717) is 5.82 Å². The monoisotopic (exact) mass is 277 g/mol. The smallest absolute Gasteiger partial charge is 0.213 e. The van der Waals surface area contributed by atoms with Crippen molar-refractivity contribution in [3.63, 3.8) is 0 Å². The number of unbranched alkanes of at least 4 members (excludes halogenated alkanes) is 1. The van der Waals surface area contributed by atoms with Gasteiger partial charge in [-0.15, -0.1) is 0 Å². The Morgan fingerprint density at radius 2 is 2.10 bits per heavy atom. The van der Waals surface area contributed by atoms with Crippen molar-refractivity contribution in [1.29, 1.82) is 0 Å². The van der Waals surface area contributed by atoms with E-state index in [-0.39, 0.29) is 11.9 Å². The van der Waals surface area contributed by atoms with Crippen LogP contribution in [0.4, 0.5) is 4.39 Å². The van der Waals surface area contributed by atoms with E-state index in [1.807, 2.05) is 12.1 Å². The van der Waals surface area contributed by atoms with Crippen molar-refractivity contribution >= 4 is 0 Å². The van der Waals surface area contributed by atoms with Gasteiger partial charge in [-0.1, -0.05) is 37.1 Å². The minimum absolute atomic E-state index is 0.199. The molecule has 2 rings (SSSR count). The molecule has 4 nitrogen and oxygen atoms in total. The Hall–Kier alpha value is -1.75. The first kappa shape index (κ1) is 14.7. The third-order valence-electron chi connectivity index (χ3n) is 3.27. The molecule has 2 aromatic rings. The van der Waals surface area contributed by atoms with Crippen LogP contribution in [-0.4, -0.2) is 16.7 Å². The molecular weight excluding hydrogens is 257 g/mol. The number of nitrogens with one attached hydrogen (secondary N) is 1. The number of rotatable bonds is 8. The van der Waals surface area contributed by atoms with E-state index in [0.717, 1.165) is 37.8 Å². The molecule has 1 atom stereocenters. The highest BCUT2D eigenvalue weighted by Gasteiger charge is 2.11. The topological polar surface area (TPSA) is 51.0 Å². The van der Waals surface area contributed by atoms with Crippen LogP contribution in [0.15, 0.2) is 35.2 Å². The lowest BCUT2D eigenvalue weighted by Gasteiger charge is -2.18. The van der Waals surface area contributed by atoms with E-state index in [4.69, 9.17) is 4.52 Å². The summed E-state index contributed by atoms with van der Waals surface area (Å²) in [7, 11) is 0. The second-order valence-corrected chi connectivity index (χ2v) is 4.80. The summed E-state index contributed by atoms with van der Waals surface area (Å²) in [5.74, 6) is 0.501. The van der Waals surface area contributed by atoms with Crippen molar-refractivity contribution in [3.8, 4) is 0 Å². The molecule has 0 radical (unpaired) electrons. The van der Waals surface area contributed by atoms with Crippen molar-refractivity contribution < 1.29 is 8.91 Å². The maximum absolute atomic E-state index is 13.0. The van der Waals surface area contributed by atoms with Crippen molar-refractivity contribution in [2.75, 3.05) is 6.54 Å². The lowest BCUT2D eigenvalue weighted by Crippen LogP contribution is -2.24. The lowest BCUT2D eigenvalue weighted by atomic mass is 10.0. The fraction of sp³-hybridized carbons (Fsp3) is 0.467. The fourth-order valence-electron chi connectivity index (χ4n) is 2.15. The molecular formula is C15H20FN3O. The summed E-state index contributed by atoms with van der Waals surface area (Å²) in [6, 6.07) is 6.95. The molecule has 0 aliphatic rings. The van der Waals surface area contributed by atoms with Gasteiger partial charge >= 0.3 is 0 Å². The van der Waals surface area contributed by atoms with Gasteiger partial charge in [-0.05, 0) is 24.1 Å². The Morgan fingerprint density at radius 1 is 1.30 bits per heavy atom. The Kier molecular flexibility index (Phi) is 5.68. The average Bonchev–Trinajstić information content (AvgIpc) is 2.97. The zero-order chi connectivity index (χ0) is 14.2. The summed E-state index contributed by atoms with van der Waals surface area (Å²) in [5, 5.41) is 7.27. The van der Waals surface area contributed by atoms with Gasteiger partial charge in [0.05, 0.1) is 0 Å². The van der Waals surface area contributed by atoms with Gasteiger partial charge in [0, 0.05) is 19.0 Å². The Balaban J connectivity index is 1.90. The molecule has 0 saturated heterocycles. The van der Waals surface area contributed by atoms with Crippen molar-refractivity contribution in [2.45, 2.75) is 38.6 Å². The number of nitrogens with zero attached hydrogens (tertiary/aromatic N) is 2. The number of hydrogen-bond acceptors (Lipinski definition) is 4. The molecule has 20 heavy (non-hydrogen) atoms. The van der Waals surface area contributed by atoms with Crippen LogP contribution in [-0.2, 0) is 6.42 Å². The van der Waals surface area contributed by atoms with Crippen LogP contribution >= 0.6 is 0 Å². The molecule has 1 N–H and O–H groups in total. The van der Waals surface area contributed by atoms with Crippen molar-refractivity contribution in [2.24, 2.45) is 0 Å². The van der Waals surface area contributed by atoms with Gasteiger partial charge in [0.15, 0.2) is 5.82 Å². The molecule has 0 saturated carbocycles. The van der Waals surface area contributed by atoms with Gasteiger partial charge in [-0.25, -0.2) is 4.39 Å². The van der Waals surface area contributed by atoms with Crippen molar-refractivity contribution in [1.82, 2.24) is 15.5 Å². The minimum atomic E-state index is -0.199. The highest BCUT2D eigenvalue weighted by molar-refractivity contribution is 5.19. The normalized spacial score (nSPS) is 12.5. The molecule has 0 aliphatic carbocycles. The molecule has 0 aliphatic heterocycles. The molecule has 0 bridgehead atoms. The van der Waals surface area contributed by atoms with Crippen LogP contribution in [0.5, 0.6) is 0 Å². The largest absolute Gasteiger partial charge is 0.343 e. The van der Waals surface area contributed by atoms with Gasteiger partial charge in [0.25, 0.3) is 0 Å². The number of aromatic nitrogens is 2. The molecule has 1 aromatic carbocycles. The number of hydrogen-bond donors (Lipinski definition) is 1. The van der Waals surface area contributed by atoms with Crippen LogP contribution < -0.4 is 5.32 Å². The molecule has 1 aromatic heterocycles. The van der Waals surface area contributed by atoms with Gasteiger partial charge < -0.3 is 9.84 Å². The van der Waals surface area contributed by atoms with Crippen molar-refractivity contribution in [3.05, 3.63) is 47.9 Å². The van der Waals surface area contributed by atoms with Gasteiger partial charge in [0.1, 0.15) is 5.82 Å². The zero-order valence-electron chi connectivity index (χ0n) is 11.7. The Labute approximate surface area is 118 Å². The third kappa shape index (κ3) is 4.42. The van der Waals surface area contributed by atoms with Gasteiger partial charge in [0.2, 0.25) is 6.39 Å². The third-order valence-corrected chi connectivity index (χ3v) is 3.27. The zero-order valence-corrected chi connectivity index (χ0v) is 11.7. The molecule has 1 unspecified atom stereocenters. The lowest BCUT2D eigenvalue weighted by molar-refractivity contribution is 0.407. The maximum atomic E-state index is 13.0. The van der Waals surface area contributed by atoms with E-state index in [1.54, 1.807) is 0 Å². The molecule has 0 fully saturated rings. The molecule has 1 heterocycles. The highest BCUT2D eigenvalue weighted by Crippen LogP contribution is 2.19. The highest BCUT2D eigenvalue weighted by atomic mass is 19.1. The Morgan fingerprint density at radius 3 is 2.75 bits per heavy atom. The molecule has 108 valence electrons. The summed E-state index contributed by atoms with van der Waals surface area (Å²) in [5.41, 5.74) is 1.12. The van der Waals surface area contributed by atoms with Crippen LogP contribution in [0, 0.1) is 5.82 Å². The summed E-state index contributed by atoms with van der Waals surface area (Å²) < 4.78 is 17.7. The first-order chi connectivity index (χ1) is 9.79. The molecule has 0 spiro atoms. The quantitative estimate of drug-likeness (QED) is 0.804. The van der Waals surface area contributed by atoms with Crippen LogP contribution in [0.1, 0.15) is 43.6 Å². The summed E-state index contributed by atoms with van der Waals surface area (Å²) in [6.07, 6.45) is 5.38. The fourth-order valence-corrected chi connectivity index (χ4v) is 2.15. The van der Waals surface area contributed by atoms with E-state index in [2.05, 4.69) is 22.4 Å². The second-order valence-electron chi connectivity index (χ2n) is 4.80. The first-order valence-electron chi connectivity index (χ1n) is 7.03. The predicted molar refractivity (Wildman–Crippen MR) is 74.7 cm³/mol. The van der Waals surface area contributed by atoms with Crippen LogP contribution in [0.2, 0.25) is 0 Å². The van der Waals surface area contributed by atoms with Gasteiger partial charge in [-0.2, -0.15) is 4.98 Å². The standard InChI is InChI=1S/C15H20FN3O/c1-2-3-4-14(12-5-7-13(16)8-6-12)17-10-9-15-18-11-20-19-15/h5-8,11,14,17H,2-4,9-10H2,1H3. The first-order valence-corrected chi connectivity index (χ1v) is 7.03. The number of halogens is 1. The summed E-state index contributed by atoms with van der Waals surface area (Å²) >= 11 is 0. The number of benzene rings is 1. The van der Waals surface area contributed by atoms with Gasteiger partial charge in [-0.3, -0.25) is 0 Å². The van der Waals surface area contributed by atoms with Crippen LogP contribution in [0.25, 0.3) is 0 Å². The molecule has 5 heteroatoms. The van der Waals surface area contributed by atoms with E-state index in [1.165, 1.54) is 18.5 Å². The summed E-state index contributed by atoms with van der Waals surface area (Å²) in [4.78, 5) is 3.99. The Bertz CT molecular complexity index is 484. The van der Waals surface area contributed by atoms with E-state index < -0.39 is 0 Å².